The van der Waals surface area contributed by atoms with Gasteiger partial charge in [-0.05, 0) is 97.7 Å². The fraction of sp³-hybridized carbons (Fsp3) is 0. The van der Waals surface area contributed by atoms with Gasteiger partial charge in [-0.1, -0.05) is 109 Å². The highest BCUT2D eigenvalue weighted by Gasteiger charge is 2.20. The van der Waals surface area contributed by atoms with Crippen molar-refractivity contribution in [3.05, 3.63) is 158 Å². The van der Waals surface area contributed by atoms with Crippen molar-refractivity contribution in [2.24, 2.45) is 0 Å². The third-order valence-corrected chi connectivity index (χ3v) is 12.0. The predicted molar refractivity (Wildman–Crippen MR) is 217 cm³/mol. The van der Waals surface area contributed by atoms with Gasteiger partial charge >= 0.3 is 0 Å². The van der Waals surface area contributed by atoms with Crippen molar-refractivity contribution in [1.82, 2.24) is 0 Å². The van der Waals surface area contributed by atoms with Gasteiger partial charge < -0.3 is 8.83 Å². The number of para-hydroxylation sites is 1. The molecule has 0 saturated carbocycles. The Bertz CT molecular complexity index is 3370. The van der Waals surface area contributed by atoms with Crippen molar-refractivity contribution in [3.63, 3.8) is 0 Å². The van der Waals surface area contributed by atoms with Gasteiger partial charge in [0.25, 0.3) is 0 Å². The minimum atomic E-state index is 0.881. The number of hydrogen-bond acceptors (Lipinski definition) is 3. The molecule has 0 spiro atoms. The number of furan rings is 2. The summed E-state index contributed by atoms with van der Waals surface area (Å²) in [6.07, 6.45) is 0. The van der Waals surface area contributed by atoms with E-state index in [0.29, 0.717) is 0 Å². The molecule has 9 aromatic carbocycles. The molecule has 51 heavy (non-hydrogen) atoms. The highest BCUT2D eigenvalue weighted by molar-refractivity contribution is 7.25. The zero-order valence-corrected chi connectivity index (χ0v) is 28.1. The van der Waals surface area contributed by atoms with Crippen LogP contribution < -0.4 is 0 Å². The Morgan fingerprint density at radius 1 is 0.314 bits per heavy atom. The van der Waals surface area contributed by atoms with E-state index in [1.807, 2.05) is 23.5 Å². The predicted octanol–water partition coefficient (Wildman–Crippen LogP) is 14.6. The Balaban J connectivity index is 1.13. The van der Waals surface area contributed by atoms with Crippen LogP contribution in [0.3, 0.4) is 0 Å². The van der Waals surface area contributed by atoms with Crippen LogP contribution in [0.4, 0.5) is 0 Å². The summed E-state index contributed by atoms with van der Waals surface area (Å²) in [7, 11) is 0. The first kappa shape index (κ1) is 27.4. The molecule has 0 N–H and O–H groups in total. The first-order valence-corrected chi connectivity index (χ1v) is 18.1. The topological polar surface area (TPSA) is 26.3 Å². The second-order valence-corrected chi connectivity index (χ2v) is 14.6. The van der Waals surface area contributed by atoms with Crippen LogP contribution in [-0.2, 0) is 0 Å². The summed E-state index contributed by atoms with van der Waals surface area (Å²) in [6, 6.07) is 57.1. The lowest BCUT2D eigenvalue weighted by Crippen LogP contribution is -1.90. The van der Waals surface area contributed by atoms with Gasteiger partial charge in [0.1, 0.15) is 22.3 Å². The minimum absolute atomic E-state index is 0.881. The molecule has 12 rings (SSSR count). The molecular weight excluding hydrogens is 641 g/mol. The quantitative estimate of drug-likeness (QED) is 0.172. The van der Waals surface area contributed by atoms with E-state index in [2.05, 4.69) is 146 Å². The van der Waals surface area contributed by atoms with Gasteiger partial charge in [0, 0.05) is 47.1 Å². The lowest BCUT2D eigenvalue weighted by atomic mass is 9.85. The van der Waals surface area contributed by atoms with Crippen LogP contribution >= 0.6 is 11.3 Å². The summed E-state index contributed by atoms with van der Waals surface area (Å²) in [6.45, 7) is 0. The van der Waals surface area contributed by atoms with Gasteiger partial charge in [0.05, 0.1) is 0 Å². The van der Waals surface area contributed by atoms with Crippen molar-refractivity contribution < 1.29 is 8.83 Å². The number of hydrogen-bond donors (Lipinski definition) is 0. The maximum Gasteiger partial charge on any atom is 0.136 e. The molecule has 3 heterocycles. The number of rotatable bonds is 2. The fourth-order valence-corrected chi connectivity index (χ4v) is 9.77. The van der Waals surface area contributed by atoms with E-state index >= 15 is 0 Å². The van der Waals surface area contributed by atoms with Crippen molar-refractivity contribution in [2.75, 3.05) is 0 Å². The molecule has 0 amide bonds. The third-order valence-electron chi connectivity index (χ3n) is 10.8. The lowest BCUT2D eigenvalue weighted by molar-refractivity contribution is 0.669. The minimum Gasteiger partial charge on any atom is -0.456 e. The highest BCUT2D eigenvalue weighted by atomic mass is 32.1. The molecular formula is C48H26O2S. The van der Waals surface area contributed by atoms with E-state index in [4.69, 9.17) is 8.83 Å². The molecule has 0 aliphatic rings. The largest absolute Gasteiger partial charge is 0.456 e. The third kappa shape index (κ3) is 3.76. The second-order valence-electron chi connectivity index (χ2n) is 13.5. The summed E-state index contributed by atoms with van der Waals surface area (Å²) < 4.78 is 15.7. The highest BCUT2D eigenvalue weighted by Crippen LogP contribution is 2.47. The molecule has 236 valence electrons. The number of thiophene rings is 1. The number of fused-ring (bicyclic) bond motifs is 14. The van der Waals surface area contributed by atoms with Gasteiger partial charge in [0.2, 0.25) is 0 Å². The zero-order chi connectivity index (χ0) is 33.2. The Morgan fingerprint density at radius 2 is 0.824 bits per heavy atom. The Labute approximate surface area is 295 Å². The molecule has 0 fully saturated rings. The molecule has 12 aromatic rings. The average Bonchev–Trinajstić information content (AvgIpc) is 3.87. The van der Waals surface area contributed by atoms with Crippen molar-refractivity contribution in [1.29, 1.82) is 0 Å². The summed E-state index contributed by atoms with van der Waals surface area (Å²) in [5.41, 5.74) is 8.44. The average molecular weight is 667 g/mol. The fourth-order valence-electron chi connectivity index (χ4n) is 8.68. The normalized spacial score (nSPS) is 12.3. The first-order valence-electron chi connectivity index (χ1n) is 17.3. The van der Waals surface area contributed by atoms with Crippen LogP contribution in [-0.4, -0.2) is 0 Å². The van der Waals surface area contributed by atoms with E-state index in [1.54, 1.807) is 0 Å². The molecule has 0 aliphatic heterocycles. The van der Waals surface area contributed by atoms with E-state index in [9.17, 15) is 0 Å². The summed E-state index contributed by atoms with van der Waals surface area (Å²) in [5, 5.41) is 14.4. The molecule has 0 radical (unpaired) electrons. The van der Waals surface area contributed by atoms with Gasteiger partial charge in [0.15, 0.2) is 0 Å². The van der Waals surface area contributed by atoms with Crippen LogP contribution in [0, 0.1) is 0 Å². The molecule has 0 atom stereocenters. The van der Waals surface area contributed by atoms with E-state index in [-0.39, 0.29) is 0 Å². The molecule has 3 heteroatoms. The van der Waals surface area contributed by atoms with Crippen LogP contribution in [0.1, 0.15) is 0 Å². The molecule has 0 bridgehead atoms. The smallest absolute Gasteiger partial charge is 0.136 e. The maximum absolute atomic E-state index is 6.72. The van der Waals surface area contributed by atoms with Crippen LogP contribution in [0.5, 0.6) is 0 Å². The Hall–Kier alpha value is -6.42. The van der Waals surface area contributed by atoms with Gasteiger partial charge in [-0.3, -0.25) is 0 Å². The van der Waals surface area contributed by atoms with Crippen molar-refractivity contribution in [2.45, 2.75) is 0 Å². The zero-order valence-electron chi connectivity index (χ0n) is 27.2. The Morgan fingerprint density at radius 3 is 1.51 bits per heavy atom. The Kier molecular flexibility index (Phi) is 5.41. The summed E-state index contributed by atoms with van der Waals surface area (Å²) in [5.74, 6) is 0. The molecule has 2 nitrogen and oxygen atoms in total. The van der Waals surface area contributed by atoms with Gasteiger partial charge in [-0.15, -0.1) is 11.3 Å². The second kappa shape index (κ2) is 10.1. The SMILES string of the molecule is c1ccc2c(c1)oc1ccc3ccc4oc5cc(-c6c7ccccc7c(-c7ccc8sc9ccccc9c8c7)c7ccccc67)ccc5c4c3c12. The summed E-state index contributed by atoms with van der Waals surface area (Å²) in [4.78, 5) is 0. The lowest BCUT2D eigenvalue weighted by Gasteiger charge is -2.18. The molecule has 0 aliphatic carbocycles. The standard InChI is InChI=1S/C48H26O2S/c1-3-12-33-31(10-1)44(28-20-24-43-37(25-28)30-9-6-8-16-42(30)51-43)32-11-2-4-13-34(32)45(33)29-17-21-36-41(26-29)50-40-23-19-27-18-22-39-47(46(27)48(36)40)35-14-5-7-15-38(35)49-39/h1-26H. The van der Waals surface area contributed by atoms with E-state index in [0.717, 1.165) is 49.4 Å². The molecule has 3 aromatic heterocycles. The number of benzene rings is 9. The van der Waals surface area contributed by atoms with Crippen LogP contribution in [0.25, 0.3) is 119 Å². The van der Waals surface area contributed by atoms with Crippen molar-refractivity contribution >= 4 is 108 Å². The molecule has 0 saturated heterocycles. The van der Waals surface area contributed by atoms with Gasteiger partial charge in [-0.25, -0.2) is 0 Å². The van der Waals surface area contributed by atoms with Gasteiger partial charge in [-0.2, -0.15) is 0 Å². The summed E-state index contributed by atoms with van der Waals surface area (Å²) >= 11 is 1.86. The van der Waals surface area contributed by atoms with Crippen molar-refractivity contribution in [3.8, 4) is 22.3 Å². The van der Waals surface area contributed by atoms with Crippen LogP contribution in [0.2, 0.25) is 0 Å². The van der Waals surface area contributed by atoms with Crippen LogP contribution in [0.15, 0.2) is 167 Å². The van der Waals surface area contributed by atoms with E-state index in [1.165, 1.54) is 69.2 Å². The monoisotopic (exact) mass is 666 g/mol. The first-order chi connectivity index (χ1) is 25.3. The molecule has 0 unspecified atom stereocenters. The van der Waals surface area contributed by atoms with E-state index < -0.39 is 0 Å². The maximum atomic E-state index is 6.72.